The molecule has 0 fully saturated rings. The zero-order chi connectivity index (χ0) is 15.4. The number of aromatic nitrogens is 3. The highest BCUT2D eigenvalue weighted by molar-refractivity contribution is 7.71. The molecule has 1 N–H and O–H groups in total. The summed E-state index contributed by atoms with van der Waals surface area (Å²) in [5.41, 5.74) is 0.610. The Hall–Kier alpha value is -2.61. The predicted molar refractivity (Wildman–Crippen MR) is 79.2 cm³/mol. The van der Waals surface area contributed by atoms with Gasteiger partial charge in [-0.1, -0.05) is 0 Å². The smallest absolute Gasteiger partial charge is 0.308 e. The lowest BCUT2D eigenvalue weighted by Crippen LogP contribution is -2.22. The molecule has 0 amide bonds. The standard InChI is InChI=1S/C13H12N4O3S/c1-8-12(19)17(13(21)16-15-8)14-7-10-3-5-11(6-4-10)20-9(2)18/h3-7H,1-2H3,(H,16,21)/b14-7-. The Kier molecular flexibility index (Phi) is 4.39. The maximum Gasteiger partial charge on any atom is 0.308 e. The number of hydrogen-bond donors (Lipinski definition) is 1. The van der Waals surface area contributed by atoms with E-state index in [0.29, 0.717) is 5.75 Å². The summed E-state index contributed by atoms with van der Waals surface area (Å²) in [5, 5.41) is 10.3. The first kappa shape index (κ1) is 14.8. The van der Waals surface area contributed by atoms with Crippen LogP contribution in [0.3, 0.4) is 0 Å². The van der Waals surface area contributed by atoms with Gasteiger partial charge in [-0.25, -0.2) is 0 Å². The quantitative estimate of drug-likeness (QED) is 0.401. The minimum atomic E-state index is -0.387. The fourth-order valence-corrected chi connectivity index (χ4v) is 1.67. The predicted octanol–water partition coefficient (Wildman–Crippen LogP) is 1.42. The largest absolute Gasteiger partial charge is 0.427 e. The molecule has 0 aliphatic heterocycles. The molecule has 0 unspecified atom stereocenters. The van der Waals surface area contributed by atoms with Crippen LogP contribution in [0.2, 0.25) is 0 Å². The van der Waals surface area contributed by atoms with Gasteiger partial charge in [0.2, 0.25) is 4.77 Å². The molecule has 0 atom stereocenters. The topological polar surface area (TPSA) is 89.3 Å². The molecule has 0 aliphatic rings. The van der Waals surface area contributed by atoms with E-state index >= 15 is 0 Å². The fraction of sp³-hybridized carbons (Fsp3) is 0.154. The van der Waals surface area contributed by atoms with Crippen molar-refractivity contribution in [2.24, 2.45) is 5.10 Å². The van der Waals surface area contributed by atoms with E-state index in [-0.39, 0.29) is 22.0 Å². The minimum Gasteiger partial charge on any atom is -0.427 e. The highest BCUT2D eigenvalue weighted by Crippen LogP contribution is 2.11. The number of carbonyl (C=O) groups excluding carboxylic acids is 1. The Balaban J connectivity index is 2.26. The summed E-state index contributed by atoms with van der Waals surface area (Å²) in [5.74, 6) is 0.0513. The van der Waals surface area contributed by atoms with E-state index < -0.39 is 0 Å². The maximum atomic E-state index is 11.8. The highest BCUT2D eigenvalue weighted by Gasteiger charge is 2.01. The normalized spacial score (nSPS) is 10.8. The molecule has 1 aromatic heterocycles. The van der Waals surface area contributed by atoms with Crippen molar-refractivity contribution in [1.29, 1.82) is 0 Å². The molecule has 0 aliphatic carbocycles. The number of esters is 1. The number of ether oxygens (including phenoxy) is 1. The first-order valence-electron chi connectivity index (χ1n) is 5.98. The van der Waals surface area contributed by atoms with Gasteiger partial charge in [0.15, 0.2) is 0 Å². The van der Waals surface area contributed by atoms with Crippen LogP contribution in [0.15, 0.2) is 34.2 Å². The van der Waals surface area contributed by atoms with Crippen LogP contribution in [-0.4, -0.2) is 27.1 Å². The van der Waals surface area contributed by atoms with Crippen LogP contribution in [0, 0.1) is 11.7 Å². The van der Waals surface area contributed by atoms with Crippen LogP contribution in [0.4, 0.5) is 0 Å². The number of nitrogens with one attached hydrogen (secondary N) is 1. The van der Waals surface area contributed by atoms with Gasteiger partial charge in [0.1, 0.15) is 11.4 Å². The molecule has 1 heterocycles. The van der Waals surface area contributed by atoms with Crippen molar-refractivity contribution in [3.63, 3.8) is 0 Å². The summed E-state index contributed by atoms with van der Waals surface area (Å²) in [7, 11) is 0. The van der Waals surface area contributed by atoms with E-state index in [1.807, 2.05) is 0 Å². The Morgan fingerprint density at radius 1 is 1.43 bits per heavy atom. The molecule has 7 nitrogen and oxygen atoms in total. The molecule has 2 rings (SSSR count). The molecule has 0 saturated heterocycles. The number of carbonyl (C=O) groups is 1. The van der Waals surface area contributed by atoms with E-state index in [0.717, 1.165) is 10.2 Å². The van der Waals surface area contributed by atoms with Crippen molar-refractivity contribution >= 4 is 24.4 Å². The lowest BCUT2D eigenvalue weighted by atomic mass is 10.2. The molecule has 2 aromatic rings. The Morgan fingerprint density at radius 3 is 2.71 bits per heavy atom. The molecular weight excluding hydrogens is 292 g/mol. The van der Waals surface area contributed by atoms with Crippen molar-refractivity contribution in [3.8, 4) is 5.75 Å². The minimum absolute atomic E-state index is 0.110. The number of H-pyrrole nitrogens is 1. The average Bonchev–Trinajstić information content (AvgIpc) is 2.44. The monoisotopic (exact) mass is 304 g/mol. The van der Waals surface area contributed by atoms with Gasteiger partial charge >= 0.3 is 5.97 Å². The van der Waals surface area contributed by atoms with E-state index in [9.17, 15) is 9.59 Å². The third-order valence-corrected chi connectivity index (χ3v) is 2.74. The summed E-state index contributed by atoms with van der Waals surface area (Å²) < 4.78 is 6.08. The SMILES string of the molecule is CC(=O)Oc1ccc(/C=N\n2c(=S)[nH]nc(C)c2=O)cc1. The number of hydrogen-bond acceptors (Lipinski definition) is 6. The van der Waals surface area contributed by atoms with Crippen molar-refractivity contribution < 1.29 is 9.53 Å². The van der Waals surface area contributed by atoms with Crippen LogP contribution >= 0.6 is 12.2 Å². The average molecular weight is 304 g/mol. The van der Waals surface area contributed by atoms with E-state index in [4.69, 9.17) is 17.0 Å². The molecule has 108 valence electrons. The van der Waals surface area contributed by atoms with E-state index in [2.05, 4.69) is 15.3 Å². The van der Waals surface area contributed by atoms with Crippen molar-refractivity contribution in [2.75, 3.05) is 0 Å². The Morgan fingerprint density at radius 2 is 2.10 bits per heavy atom. The van der Waals surface area contributed by atoms with Crippen LogP contribution in [0.1, 0.15) is 18.2 Å². The fourth-order valence-electron chi connectivity index (χ4n) is 1.49. The van der Waals surface area contributed by atoms with Gasteiger partial charge in [-0.2, -0.15) is 14.9 Å². The zero-order valence-corrected chi connectivity index (χ0v) is 12.2. The van der Waals surface area contributed by atoms with Gasteiger partial charge in [0.25, 0.3) is 5.56 Å². The van der Waals surface area contributed by atoms with Crippen LogP contribution in [-0.2, 0) is 4.79 Å². The second-order valence-corrected chi connectivity index (χ2v) is 4.53. The third-order valence-electron chi connectivity index (χ3n) is 2.48. The second-order valence-electron chi connectivity index (χ2n) is 4.14. The van der Waals surface area contributed by atoms with Gasteiger partial charge in [-0.3, -0.25) is 14.7 Å². The molecule has 0 spiro atoms. The van der Waals surface area contributed by atoms with Gasteiger partial charge in [-0.05, 0) is 49.0 Å². The molecular formula is C13H12N4O3S. The van der Waals surface area contributed by atoms with Gasteiger partial charge in [-0.15, -0.1) is 0 Å². The lowest BCUT2D eigenvalue weighted by molar-refractivity contribution is -0.131. The van der Waals surface area contributed by atoms with Crippen LogP contribution in [0.5, 0.6) is 5.75 Å². The number of nitrogens with zero attached hydrogens (tertiary/aromatic N) is 3. The third kappa shape index (κ3) is 3.69. The maximum absolute atomic E-state index is 11.8. The molecule has 8 heteroatoms. The first-order chi connectivity index (χ1) is 9.97. The number of rotatable bonds is 3. The highest BCUT2D eigenvalue weighted by atomic mass is 32.1. The first-order valence-corrected chi connectivity index (χ1v) is 6.39. The second kappa shape index (κ2) is 6.23. The summed E-state index contributed by atoms with van der Waals surface area (Å²) in [6.07, 6.45) is 1.47. The Labute approximate surface area is 124 Å². The summed E-state index contributed by atoms with van der Waals surface area (Å²) in [6.45, 7) is 2.89. The van der Waals surface area contributed by atoms with Crippen molar-refractivity contribution in [1.82, 2.24) is 14.9 Å². The van der Waals surface area contributed by atoms with Crippen molar-refractivity contribution in [2.45, 2.75) is 13.8 Å². The van der Waals surface area contributed by atoms with E-state index in [1.165, 1.54) is 13.1 Å². The number of aryl methyl sites for hydroxylation is 1. The van der Waals surface area contributed by atoms with Crippen LogP contribution < -0.4 is 10.3 Å². The molecule has 0 bridgehead atoms. The molecule has 1 aromatic carbocycles. The molecule has 0 saturated carbocycles. The summed E-state index contributed by atoms with van der Waals surface area (Å²) in [4.78, 5) is 22.6. The Bertz CT molecular complexity index is 805. The van der Waals surface area contributed by atoms with Gasteiger partial charge in [0.05, 0.1) is 6.21 Å². The van der Waals surface area contributed by atoms with Gasteiger partial charge in [0, 0.05) is 6.92 Å². The van der Waals surface area contributed by atoms with E-state index in [1.54, 1.807) is 31.2 Å². The van der Waals surface area contributed by atoms with Crippen molar-refractivity contribution in [3.05, 3.63) is 50.6 Å². The number of aromatic amines is 1. The van der Waals surface area contributed by atoms with Crippen LogP contribution in [0.25, 0.3) is 0 Å². The van der Waals surface area contributed by atoms with Gasteiger partial charge < -0.3 is 4.74 Å². The lowest BCUT2D eigenvalue weighted by Gasteiger charge is -2.01. The summed E-state index contributed by atoms with van der Waals surface area (Å²) >= 11 is 4.96. The summed E-state index contributed by atoms with van der Waals surface area (Å²) in [6, 6.07) is 6.66. The number of benzene rings is 1. The molecule has 0 radical (unpaired) electrons. The zero-order valence-electron chi connectivity index (χ0n) is 11.4. The molecule has 21 heavy (non-hydrogen) atoms.